The molecule has 6 heteroatoms. The maximum atomic E-state index is 13.1. The highest BCUT2D eigenvalue weighted by molar-refractivity contribution is 8.18. The van der Waals surface area contributed by atoms with Crippen molar-refractivity contribution in [2.45, 2.75) is 6.92 Å². The number of nitrogens with zero attached hydrogens (tertiary/aromatic N) is 3. The van der Waals surface area contributed by atoms with Crippen molar-refractivity contribution >= 4 is 34.6 Å². The third kappa shape index (κ3) is 4.52. The maximum absolute atomic E-state index is 13.1. The van der Waals surface area contributed by atoms with Crippen LogP contribution in [0.15, 0.2) is 64.5 Å². The molecule has 2 heterocycles. The molecule has 28 heavy (non-hydrogen) atoms. The molecular weight excluding hydrogens is 370 g/mol. The second-order valence-corrected chi connectivity index (χ2v) is 7.87. The number of morpholine rings is 1. The molecule has 0 aromatic heterocycles. The third-order valence-electron chi connectivity index (χ3n) is 4.69. The van der Waals surface area contributed by atoms with Crippen molar-refractivity contribution in [3.8, 4) is 0 Å². The lowest BCUT2D eigenvalue weighted by Crippen LogP contribution is -2.45. The number of aryl methyl sites for hydroxylation is 1. The van der Waals surface area contributed by atoms with Gasteiger partial charge in [0.25, 0.3) is 5.91 Å². The Balaban J connectivity index is 1.63. The molecule has 1 amide bonds. The lowest BCUT2D eigenvalue weighted by Gasteiger charge is -2.30. The molecular formula is C22H23N3O2S. The van der Waals surface area contributed by atoms with Crippen molar-refractivity contribution in [3.63, 3.8) is 0 Å². The topological polar surface area (TPSA) is 45.1 Å². The fourth-order valence-corrected chi connectivity index (χ4v) is 4.08. The Morgan fingerprint density at radius 1 is 1.07 bits per heavy atom. The first-order valence-electron chi connectivity index (χ1n) is 9.41. The molecule has 0 spiro atoms. The van der Waals surface area contributed by atoms with E-state index < -0.39 is 0 Å². The summed E-state index contributed by atoms with van der Waals surface area (Å²) in [5, 5.41) is 0.725. The summed E-state index contributed by atoms with van der Waals surface area (Å²) in [6.45, 7) is 5.63. The second kappa shape index (κ2) is 8.73. The van der Waals surface area contributed by atoms with Gasteiger partial charge in [-0.05, 0) is 42.5 Å². The highest BCUT2D eigenvalue weighted by Gasteiger charge is 2.34. The van der Waals surface area contributed by atoms with Crippen LogP contribution in [-0.4, -0.2) is 53.8 Å². The smallest absolute Gasteiger partial charge is 0.267 e. The van der Waals surface area contributed by atoms with E-state index in [9.17, 15) is 4.79 Å². The minimum absolute atomic E-state index is 0.00575. The number of benzene rings is 2. The summed E-state index contributed by atoms with van der Waals surface area (Å²) in [5.74, 6) is 0.00575. The third-order valence-corrected chi connectivity index (χ3v) is 5.70. The van der Waals surface area contributed by atoms with Gasteiger partial charge in [0.05, 0.1) is 30.5 Å². The largest absolute Gasteiger partial charge is 0.379 e. The Kier molecular flexibility index (Phi) is 5.90. The lowest BCUT2D eigenvalue weighted by molar-refractivity contribution is -0.124. The van der Waals surface area contributed by atoms with E-state index >= 15 is 0 Å². The highest BCUT2D eigenvalue weighted by atomic mass is 32.2. The Morgan fingerprint density at radius 3 is 2.50 bits per heavy atom. The molecule has 0 unspecified atom stereocenters. The van der Waals surface area contributed by atoms with E-state index in [1.54, 1.807) is 4.90 Å². The van der Waals surface area contributed by atoms with Gasteiger partial charge >= 0.3 is 0 Å². The summed E-state index contributed by atoms with van der Waals surface area (Å²) >= 11 is 1.44. The molecule has 0 radical (unpaired) electrons. The number of amidine groups is 1. The molecule has 144 valence electrons. The Morgan fingerprint density at radius 2 is 1.79 bits per heavy atom. The normalized spacial score (nSPS) is 21.0. The van der Waals surface area contributed by atoms with Crippen molar-refractivity contribution in [1.29, 1.82) is 0 Å². The van der Waals surface area contributed by atoms with Crippen LogP contribution in [0.1, 0.15) is 11.1 Å². The van der Waals surface area contributed by atoms with E-state index in [4.69, 9.17) is 9.73 Å². The fourth-order valence-electron chi connectivity index (χ4n) is 3.09. The molecule has 2 fully saturated rings. The summed E-state index contributed by atoms with van der Waals surface area (Å²) in [6.07, 6.45) is 1.94. The van der Waals surface area contributed by atoms with Crippen LogP contribution in [0.5, 0.6) is 0 Å². The average molecular weight is 394 g/mol. The number of carbonyl (C=O) groups is 1. The number of thioether (sulfide) groups is 1. The van der Waals surface area contributed by atoms with Gasteiger partial charge < -0.3 is 4.74 Å². The molecule has 0 N–H and O–H groups in total. The van der Waals surface area contributed by atoms with Crippen molar-refractivity contribution < 1.29 is 9.53 Å². The number of amides is 1. The van der Waals surface area contributed by atoms with Crippen molar-refractivity contribution in [3.05, 3.63) is 70.6 Å². The van der Waals surface area contributed by atoms with Gasteiger partial charge in [0.15, 0.2) is 5.17 Å². The van der Waals surface area contributed by atoms with E-state index in [0.29, 0.717) is 24.8 Å². The highest BCUT2D eigenvalue weighted by Crippen LogP contribution is 2.34. The van der Waals surface area contributed by atoms with Gasteiger partial charge in [-0.2, -0.15) is 0 Å². The summed E-state index contributed by atoms with van der Waals surface area (Å²) in [4.78, 5) is 22.6. The fraction of sp³-hybridized carbons (Fsp3) is 0.273. The molecule has 0 atom stereocenters. The number of ether oxygens (including phenoxy) is 1. The van der Waals surface area contributed by atoms with Crippen LogP contribution >= 0.6 is 11.8 Å². The Hall–Kier alpha value is -2.41. The number of aliphatic imine (C=N–C) groups is 1. The van der Waals surface area contributed by atoms with E-state index in [1.807, 2.05) is 60.7 Å². The van der Waals surface area contributed by atoms with E-state index in [0.717, 1.165) is 29.5 Å². The van der Waals surface area contributed by atoms with Gasteiger partial charge in [-0.3, -0.25) is 14.6 Å². The Labute approximate surface area is 169 Å². The van der Waals surface area contributed by atoms with Crippen LogP contribution in [0.4, 0.5) is 5.69 Å². The van der Waals surface area contributed by atoms with Gasteiger partial charge in [-0.1, -0.05) is 48.0 Å². The molecule has 0 saturated carbocycles. The molecule has 2 aromatic rings. The van der Waals surface area contributed by atoms with E-state index in [1.165, 1.54) is 17.3 Å². The first-order valence-corrected chi connectivity index (χ1v) is 10.2. The van der Waals surface area contributed by atoms with Crippen molar-refractivity contribution in [2.75, 3.05) is 33.0 Å². The average Bonchev–Trinajstić information content (AvgIpc) is 3.00. The summed E-state index contributed by atoms with van der Waals surface area (Å²) in [5.41, 5.74) is 3.06. The zero-order valence-electron chi connectivity index (χ0n) is 15.9. The molecule has 2 aliphatic rings. The molecule has 0 aliphatic carbocycles. The number of hydrogen-bond donors (Lipinski definition) is 0. The maximum Gasteiger partial charge on any atom is 0.267 e. The minimum atomic E-state index is 0.00575. The van der Waals surface area contributed by atoms with Crippen LogP contribution in [-0.2, 0) is 9.53 Å². The standard InChI is InChI=1S/C22H23N3O2S/c1-17-7-9-19(10-8-17)23-22-25(16-24-11-13-27-14-12-24)21(26)20(28-22)15-18-5-3-2-4-6-18/h2-10,15H,11-14,16H2,1H3/b20-15+,23-22?. The molecule has 2 saturated heterocycles. The predicted octanol–water partition coefficient (Wildman–Crippen LogP) is 3.89. The van der Waals surface area contributed by atoms with Gasteiger partial charge in [0.1, 0.15) is 0 Å². The molecule has 4 rings (SSSR count). The van der Waals surface area contributed by atoms with Crippen LogP contribution in [0.25, 0.3) is 6.08 Å². The minimum Gasteiger partial charge on any atom is -0.379 e. The molecule has 5 nitrogen and oxygen atoms in total. The predicted molar refractivity (Wildman–Crippen MR) is 114 cm³/mol. The second-order valence-electron chi connectivity index (χ2n) is 6.86. The van der Waals surface area contributed by atoms with Crippen LogP contribution in [0.2, 0.25) is 0 Å². The number of hydrogen-bond acceptors (Lipinski definition) is 5. The summed E-state index contributed by atoms with van der Waals surface area (Å²) < 4.78 is 5.43. The lowest BCUT2D eigenvalue weighted by atomic mass is 10.2. The van der Waals surface area contributed by atoms with Crippen LogP contribution in [0.3, 0.4) is 0 Å². The summed E-state index contributed by atoms with van der Waals surface area (Å²) in [7, 11) is 0. The molecule has 2 aliphatic heterocycles. The van der Waals surface area contributed by atoms with Gasteiger partial charge in [0.2, 0.25) is 0 Å². The summed E-state index contributed by atoms with van der Waals surface area (Å²) in [6, 6.07) is 18.0. The monoisotopic (exact) mass is 393 g/mol. The SMILES string of the molecule is Cc1ccc(N=C2S/C(=C/c3ccccc3)C(=O)N2CN2CCOCC2)cc1. The molecule has 0 bridgehead atoms. The van der Waals surface area contributed by atoms with E-state index in [2.05, 4.69) is 11.8 Å². The van der Waals surface area contributed by atoms with Gasteiger partial charge in [-0.15, -0.1) is 0 Å². The number of rotatable bonds is 4. The Bertz CT molecular complexity index is 888. The van der Waals surface area contributed by atoms with Crippen LogP contribution < -0.4 is 0 Å². The first-order chi connectivity index (χ1) is 13.7. The van der Waals surface area contributed by atoms with Crippen molar-refractivity contribution in [2.24, 2.45) is 4.99 Å². The van der Waals surface area contributed by atoms with Gasteiger partial charge in [-0.25, -0.2) is 4.99 Å². The number of carbonyl (C=O) groups excluding carboxylic acids is 1. The zero-order valence-corrected chi connectivity index (χ0v) is 16.7. The van der Waals surface area contributed by atoms with E-state index in [-0.39, 0.29) is 5.91 Å². The quantitative estimate of drug-likeness (QED) is 0.740. The van der Waals surface area contributed by atoms with Crippen molar-refractivity contribution in [1.82, 2.24) is 9.80 Å². The zero-order chi connectivity index (χ0) is 19.3. The first kappa shape index (κ1) is 18.9. The molecule has 2 aromatic carbocycles. The van der Waals surface area contributed by atoms with Crippen LogP contribution in [0, 0.1) is 6.92 Å². The van der Waals surface area contributed by atoms with Gasteiger partial charge in [0, 0.05) is 13.1 Å².